The molecule has 0 bridgehead atoms. The maximum atomic E-state index is 5.77. The Morgan fingerprint density at radius 1 is 1.23 bits per heavy atom. The topological polar surface area (TPSA) is 26.0 Å². The van der Waals surface area contributed by atoms with Crippen molar-refractivity contribution in [2.75, 3.05) is 6.54 Å². The molecule has 3 unspecified atom stereocenters. The van der Waals surface area contributed by atoms with Crippen LogP contribution in [-0.2, 0) is 0 Å². The van der Waals surface area contributed by atoms with E-state index in [-0.39, 0.29) is 0 Å². The van der Waals surface area contributed by atoms with E-state index in [1.54, 1.807) is 0 Å². The second-order valence-corrected chi connectivity index (χ2v) is 6.35. The lowest BCUT2D eigenvalue weighted by Crippen LogP contribution is -2.30. The second-order valence-electron chi connectivity index (χ2n) is 6.35. The molecule has 13 heavy (non-hydrogen) atoms. The number of hydrogen-bond donors (Lipinski definition) is 1. The van der Waals surface area contributed by atoms with E-state index in [1.165, 1.54) is 25.7 Å². The van der Waals surface area contributed by atoms with Crippen molar-refractivity contribution in [1.29, 1.82) is 0 Å². The van der Waals surface area contributed by atoms with Crippen LogP contribution in [0.15, 0.2) is 0 Å². The predicted molar refractivity (Wildman–Crippen MR) is 56.4 cm³/mol. The van der Waals surface area contributed by atoms with Gasteiger partial charge in [-0.1, -0.05) is 20.8 Å². The minimum Gasteiger partial charge on any atom is -0.330 e. The van der Waals surface area contributed by atoms with Crippen molar-refractivity contribution in [3.05, 3.63) is 0 Å². The molecule has 2 N–H and O–H groups in total. The summed E-state index contributed by atoms with van der Waals surface area (Å²) in [6.07, 6.45) is 5.69. The Morgan fingerprint density at radius 3 is 2.38 bits per heavy atom. The Hall–Kier alpha value is -0.0400. The van der Waals surface area contributed by atoms with Crippen LogP contribution in [-0.4, -0.2) is 6.54 Å². The summed E-state index contributed by atoms with van der Waals surface area (Å²) in [6.45, 7) is 8.18. The molecule has 2 aliphatic carbocycles. The van der Waals surface area contributed by atoms with Gasteiger partial charge in [-0.3, -0.25) is 0 Å². The highest BCUT2D eigenvalue weighted by molar-refractivity contribution is 5.08. The number of rotatable bonds is 1. The van der Waals surface area contributed by atoms with E-state index >= 15 is 0 Å². The Labute approximate surface area is 82.1 Å². The van der Waals surface area contributed by atoms with Crippen LogP contribution < -0.4 is 5.73 Å². The smallest absolute Gasteiger partial charge is 0.00433 e. The fraction of sp³-hybridized carbons (Fsp3) is 1.00. The molecule has 0 aromatic carbocycles. The van der Waals surface area contributed by atoms with Gasteiger partial charge in [0.2, 0.25) is 0 Å². The zero-order valence-electron chi connectivity index (χ0n) is 9.27. The normalized spacial score (nSPS) is 48.0. The first-order valence-corrected chi connectivity index (χ1v) is 5.68. The van der Waals surface area contributed by atoms with Gasteiger partial charge >= 0.3 is 0 Å². The summed E-state index contributed by atoms with van der Waals surface area (Å²) in [5, 5.41) is 0. The summed E-state index contributed by atoms with van der Waals surface area (Å²) < 4.78 is 0. The molecule has 0 heterocycles. The van der Waals surface area contributed by atoms with Gasteiger partial charge in [-0.2, -0.15) is 0 Å². The molecule has 0 aromatic heterocycles. The molecule has 2 aliphatic rings. The quantitative estimate of drug-likeness (QED) is 0.661. The number of nitrogens with two attached hydrogens (primary N) is 1. The van der Waals surface area contributed by atoms with Crippen molar-refractivity contribution >= 4 is 0 Å². The minimum atomic E-state index is 0.571. The van der Waals surface area contributed by atoms with Crippen LogP contribution in [0.4, 0.5) is 0 Å². The van der Waals surface area contributed by atoms with Gasteiger partial charge in [0, 0.05) is 0 Å². The van der Waals surface area contributed by atoms with Gasteiger partial charge < -0.3 is 5.73 Å². The van der Waals surface area contributed by atoms with E-state index in [4.69, 9.17) is 5.73 Å². The first-order valence-electron chi connectivity index (χ1n) is 5.68. The van der Waals surface area contributed by atoms with Crippen molar-refractivity contribution in [3.8, 4) is 0 Å². The van der Waals surface area contributed by atoms with Gasteiger partial charge in [-0.25, -0.2) is 0 Å². The van der Waals surface area contributed by atoms with Crippen molar-refractivity contribution in [3.63, 3.8) is 0 Å². The van der Waals surface area contributed by atoms with Crippen molar-refractivity contribution in [2.45, 2.75) is 46.5 Å². The molecule has 1 nitrogen and oxygen atoms in total. The lowest BCUT2D eigenvalue weighted by Gasteiger charge is -2.40. The van der Waals surface area contributed by atoms with Crippen LogP contribution in [0, 0.1) is 22.7 Å². The summed E-state index contributed by atoms with van der Waals surface area (Å²) in [5.41, 5.74) is 7.02. The standard InChI is InChI=1S/C12H23N/c1-9-4-11(2,3)8-12(5-9)6-10(12)7-13/h9-10H,4-8,13H2,1-3H3. The van der Waals surface area contributed by atoms with E-state index < -0.39 is 0 Å². The largest absolute Gasteiger partial charge is 0.330 e. The fourth-order valence-electron chi connectivity index (χ4n) is 4.04. The Morgan fingerprint density at radius 2 is 1.92 bits per heavy atom. The third-order valence-corrected chi connectivity index (χ3v) is 4.13. The molecule has 3 atom stereocenters. The molecule has 1 spiro atoms. The molecule has 0 saturated heterocycles. The first kappa shape index (κ1) is 9.51. The summed E-state index contributed by atoms with van der Waals surface area (Å²) in [5.74, 6) is 1.77. The third kappa shape index (κ3) is 1.63. The molecular formula is C12H23N. The molecular weight excluding hydrogens is 158 g/mol. The Balaban J connectivity index is 2.07. The highest BCUT2D eigenvalue weighted by Gasteiger charge is 2.57. The van der Waals surface area contributed by atoms with Gasteiger partial charge in [0.1, 0.15) is 0 Å². The highest BCUT2D eigenvalue weighted by Crippen LogP contribution is 2.65. The predicted octanol–water partition coefficient (Wildman–Crippen LogP) is 2.80. The van der Waals surface area contributed by atoms with Crippen LogP contribution in [0.3, 0.4) is 0 Å². The second kappa shape index (κ2) is 2.73. The number of hydrogen-bond acceptors (Lipinski definition) is 1. The van der Waals surface area contributed by atoms with E-state index in [9.17, 15) is 0 Å². The van der Waals surface area contributed by atoms with Crippen LogP contribution in [0.2, 0.25) is 0 Å². The molecule has 0 amide bonds. The average molecular weight is 181 g/mol. The zero-order chi connectivity index (χ0) is 9.69. The van der Waals surface area contributed by atoms with Gasteiger partial charge in [-0.15, -0.1) is 0 Å². The van der Waals surface area contributed by atoms with Gasteiger partial charge in [-0.05, 0) is 54.9 Å². The van der Waals surface area contributed by atoms with E-state index in [0.29, 0.717) is 10.8 Å². The summed E-state index contributed by atoms with van der Waals surface area (Å²) in [6, 6.07) is 0. The lowest BCUT2D eigenvalue weighted by molar-refractivity contribution is 0.108. The van der Waals surface area contributed by atoms with Gasteiger partial charge in [0.15, 0.2) is 0 Å². The monoisotopic (exact) mass is 181 g/mol. The molecule has 0 radical (unpaired) electrons. The summed E-state index contributed by atoms with van der Waals surface area (Å²) in [4.78, 5) is 0. The van der Waals surface area contributed by atoms with E-state index in [0.717, 1.165) is 18.4 Å². The van der Waals surface area contributed by atoms with Crippen molar-refractivity contribution < 1.29 is 0 Å². The Kier molecular flexibility index (Phi) is 1.99. The molecule has 0 aromatic rings. The SMILES string of the molecule is CC1CC(C)(C)CC2(C1)CC2CN. The van der Waals surface area contributed by atoms with Crippen molar-refractivity contribution in [2.24, 2.45) is 28.4 Å². The fourth-order valence-corrected chi connectivity index (χ4v) is 4.04. The zero-order valence-corrected chi connectivity index (χ0v) is 9.27. The molecule has 0 aliphatic heterocycles. The van der Waals surface area contributed by atoms with Crippen molar-refractivity contribution in [1.82, 2.24) is 0 Å². The molecule has 2 rings (SSSR count). The summed E-state index contributed by atoms with van der Waals surface area (Å²) in [7, 11) is 0. The van der Waals surface area contributed by atoms with Crippen LogP contribution in [0.1, 0.15) is 46.5 Å². The highest BCUT2D eigenvalue weighted by atomic mass is 14.7. The Bertz CT molecular complexity index is 209. The molecule has 2 fully saturated rings. The molecule has 76 valence electrons. The van der Waals surface area contributed by atoms with Crippen LogP contribution in [0.25, 0.3) is 0 Å². The maximum Gasteiger partial charge on any atom is -0.00433 e. The summed E-state index contributed by atoms with van der Waals surface area (Å²) >= 11 is 0. The average Bonchev–Trinajstić information content (AvgIpc) is 2.57. The van der Waals surface area contributed by atoms with Gasteiger partial charge in [0.05, 0.1) is 0 Å². The molecule has 1 heteroatoms. The van der Waals surface area contributed by atoms with Crippen LogP contribution in [0.5, 0.6) is 0 Å². The van der Waals surface area contributed by atoms with E-state index in [2.05, 4.69) is 20.8 Å². The van der Waals surface area contributed by atoms with Crippen LogP contribution >= 0.6 is 0 Å². The van der Waals surface area contributed by atoms with E-state index in [1.807, 2.05) is 0 Å². The lowest BCUT2D eigenvalue weighted by atomic mass is 9.65. The minimum absolute atomic E-state index is 0.571. The first-order chi connectivity index (χ1) is 5.97. The maximum absolute atomic E-state index is 5.77. The third-order valence-electron chi connectivity index (χ3n) is 4.13. The van der Waals surface area contributed by atoms with Gasteiger partial charge in [0.25, 0.3) is 0 Å². The molecule has 2 saturated carbocycles.